The first-order valence-corrected chi connectivity index (χ1v) is 15.2. The molecule has 0 aliphatic rings. The van der Waals surface area contributed by atoms with E-state index in [1.165, 1.54) is 41.8 Å². The van der Waals surface area contributed by atoms with Gasteiger partial charge in [0.05, 0.1) is 35.1 Å². The average molecular weight is 683 g/mol. The number of carbonyl (C=O) groups excluding carboxylic acids is 1. The fraction of sp³-hybridized carbons (Fsp3) is 0.304. The summed E-state index contributed by atoms with van der Waals surface area (Å²) in [6.45, 7) is 1.30. The molecule has 0 saturated carbocycles. The minimum atomic E-state index is -4.97. The molecule has 3 aromatic rings. The van der Waals surface area contributed by atoms with Gasteiger partial charge in [-0.2, -0.15) is 43.2 Å². The summed E-state index contributed by atoms with van der Waals surface area (Å²) in [5, 5.41) is 0.254. The molecule has 0 bridgehead atoms. The molecular formula is C23H18Cl2F6N2O7S2. The first kappa shape index (κ1) is 33.5. The highest BCUT2D eigenvalue weighted by molar-refractivity contribution is 7.87. The summed E-state index contributed by atoms with van der Waals surface area (Å²) in [6, 6.07) is 8.81. The number of aromatic nitrogens is 2. The Morgan fingerprint density at radius 3 is 1.95 bits per heavy atom. The molecule has 3 rings (SSSR count). The predicted octanol–water partition coefficient (Wildman–Crippen LogP) is 6.25. The third-order valence-electron chi connectivity index (χ3n) is 5.26. The van der Waals surface area contributed by atoms with Crippen molar-refractivity contribution in [2.45, 2.75) is 32.1 Å². The molecule has 0 aliphatic heterocycles. The summed E-state index contributed by atoms with van der Waals surface area (Å²) in [5.74, 6) is -4.86. The number of carbonyl (C=O) groups is 1. The van der Waals surface area contributed by atoms with E-state index in [2.05, 4.69) is 9.17 Å². The molecule has 0 unspecified atom stereocenters. The Bertz CT molecular complexity index is 1690. The predicted molar refractivity (Wildman–Crippen MR) is 139 cm³/mol. The van der Waals surface area contributed by atoms with Crippen molar-refractivity contribution in [2.75, 3.05) is 11.5 Å². The zero-order chi connectivity index (χ0) is 31.7. The summed E-state index contributed by atoms with van der Waals surface area (Å²) in [7, 11) is -9.58. The van der Waals surface area contributed by atoms with E-state index < -0.39 is 68.6 Å². The lowest BCUT2D eigenvalue weighted by molar-refractivity contribution is -0.131. The fourth-order valence-corrected chi connectivity index (χ4v) is 5.72. The van der Waals surface area contributed by atoms with Gasteiger partial charge in [-0.3, -0.25) is 4.57 Å². The van der Waals surface area contributed by atoms with Crippen LogP contribution in [0.15, 0.2) is 42.5 Å². The van der Waals surface area contributed by atoms with Gasteiger partial charge < -0.3 is 8.37 Å². The van der Waals surface area contributed by atoms with Gasteiger partial charge in [0, 0.05) is 16.3 Å². The highest BCUT2D eigenvalue weighted by Crippen LogP contribution is 2.34. The van der Waals surface area contributed by atoms with Gasteiger partial charge in [0.2, 0.25) is 0 Å². The number of rotatable bonds is 10. The second-order valence-corrected chi connectivity index (χ2v) is 12.8. The van der Waals surface area contributed by atoms with Crippen LogP contribution in [0.4, 0.5) is 26.3 Å². The highest BCUT2D eigenvalue weighted by Gasteiger charge is 2.33. The van der Waals surface area contributed by atoms with Gasteiger partial charge in [-0.05, 0) is 49.4 Å². The molecule has 0 N–H and O–H groups in total. The van der Waals surface area contributed by atoms with Crippen molar-refractivity contribution in [3.8, 4) is 22.8 Å². The molecule has 0 atom stereocenters. The number of halogens is 8. The van der Waals surface area contributed by atoms with Crippen LogP contribution in [-0.2, 0) is 24.4 Å². The Balaban J connectivity index is 2.01. The van der Waals surface area contributed by atoms with Gasteiger partial charge in [0.25, 0.3) is 0 Å². The van der Waals surface area contributed by atoms with Crippen molar-refractivity contribution in [2.24, 2.45) is 0 Å². The lowest BCUT2D eigenvalue weighted by Gasteiger charge is -2.13. The lowest BCUT2D eigenvalue weighted by atomic mass is 10.2. The highest BCUT2D eigenvalue weighted by atomic mass is 35.5. The van der Waals surface area contributed by atoms with E-state index in [4.69, 9.17) is 27.4 Å². The summed E-state index contributed by atoms with van der Waals surface area (Å²) < 4.78 is 133. The number of benzene rings is 2. The Morgan fingerprint density at radius 2 is 1.43 bits per heavy atom. The monoisotopic (exact) mass is 682 g/mol. The zero-order valence-electron chi connectivity index (χ0n) is 21.0. The molecule has 230 valence electrons. The molecule has 0 aliphatic carbocycles. The molecule has 0 saturated heterocycles. The van der Waals surface area contributed by atoms with Crippen LogP contribution in [-0.4, -0.2) is 56.2 Å². The number of alkyl halides is 6. The Morgan fingerprint density at radius 1 is 0.881 bits per heavy atom. The Labute approximate surface area is 245 Å². The summed E-state index contributed by atoms with van der Waals surface area (Å²) >= 11 is 12.2. The minimum absolute atomic E-state index is 0.0298. The summed E-state index contributed by atoms with van der Waals surface area (Å²) in [4.78, 5) is 16.8. The Hall–Kier alpha value is -3.02. The SMILES string of the molecule is Cc1c(C(=O)OS(=O)(=O)CCC(F)(F)F)nc(-c2ccc(Cl)cc2Cl)n1-c1ccc(OS(=O)(=O)CCC(F)(F)F)cc1. The zero-order valence-corrected chi connectivity index (χ0v) is 24.1. The van der Waals surface area contributed by atoms with E-state index in [-0.39, 0.29) is 38.6 Å². The Kier molecular flexibility index (Phi) is 9.81. The summed E-state index contributed by atoms with van der Waals surface area (Å²) in [5.41, 5.74) is -0.363. The molecule has 2 aromatic carbocycles. The number of hydrogen-bond acceptors (Lipinski definition) is 8. The van der Waals surface area contributed by atoms with E-state index in [0.717, 1.165) is 12.1 Å². The molecule has 0 fully saturated rings. The summed E-state index contributed by atoms with van der Waals surface area (Å²) in [6.07, 6.45) is -12.9. The van der Waals surface area contributed by atoms with Crippen LogP contribution < -0.4 is 4.18 Å². The van der Waals surface area contributed by atoms with E-state index in [1.807, 2.05) is 0 Å². The minimum Gasteiger partial charge on any atom is -0.382 e. The quantitative estimate of drug-likeness (QED) is 0.182. The fourth-order valence-electron chi connectivity index (χ4n) is 3.38. The van der Waals surface area contributed by atoms with Gasteiger partial charge in [-0.15, -0.1) is 0 Å². The molecule has 0 radical (unpaired) electrons. The van der Waals surface area contributed by atoms with Crippen LogP contribution in [0, 0.1) is 6.92 Å². The average Bonchev–Trinajstić information content (AvgIpc) is 3.18. The van der Waals surface area contributed by atoms with Crippen molar-refractivity contribution in [1.82, 2.24) is 9.55 Å². The molecule has 19 heteroatoms. The van der Waals surface area contributed by atoms with E-state index in [9.17, 15) is 48.0 Å². The molecule has 1 heterocycles. The van der Waals surface area contributed by atoms with E-state index in [1.54, 1.807) is 0 Å². The smallest absolute Gasteiger partial charge is 0.382 e. The standard InChI is InChI=1S/C23H18Cl2F6N2O7S2/c1-13-19(21(34)40-42(37,38)11-9-23(29,30)31)32-20(17-7-2-14(24)12-18(17)25)33(13)15-3-5-16(6-4-15)39-41(35,36)10-8-22(26,27)28/h2-7,12H,8-11H2,1H3. The third kappa shape index (κ3) is 9.24. The maximum atomic E-state index is 12.7. The molecule has 42 heavy (non-hydrogen) atoms. The van der Waals surface area contributed by atoms with Crippen molar-refractivity contribution in [1.29, 1.82) is 0 Å². The van der Waals surface area contributed by atoms with Gasteiger partial charge in [-0.25, -0.2) is 9.78 Å². The second-order valence-electron chi connectivity index (χ2n) is 8.53. The van der Waals surface area contributed by atoms with Gasteiger partial charge in [-0.1, -0.05) is 23.2 Å². The van der Waals surface area contributed by atoms with Crippen LogP contribution in [0.5, 0.6) is 5.75 Å². The van der Waals surface area contributed by atoms with Crippen molar-refractivity contribution >= 4 is 49.4 Å². The molecule has 9 nitrogen and oxygen atoms in total. The van der Waals surface area contributed by atoms with E-state index >= 15 is 0 Å². The number of hydrogen-bond donors (Lipinski definition) is 0. The van der Waals surface area contributed by atoms with Crippen LogP contribution in [0.3, 0.4) is 0 Å². The molecule has 0 amide bonds. The maximum Gasteiger partial charge on any atom is 0.390 e. The van der Waals surface area contributed by atoms with Crippen LogP contribution in [0.2, 0.25) is 10.0 Å². The topological polar surface area (TPSA) is 122 Å². The van der Waals surface area contributed by atoms with Gasteiger partial charge in [0.1, 0.15) is 11.6 Å². The van der Waals surface area contributed by atoms with Crippen molar-refractivity contribution in [3.05, 3.63) is 63.9 Å². The van der Waals surface area contributed by atoms with Crippen LogP contribution >= 0.6 is 23.2 Å². The normalized spacial score (nSPS) is 12.8. The first-order chi connectivity index (χ1) is 19.2. The third-order valence-corrected chi connectivity index (χ3v) is 8.07. The second kappa shape index (κ2) is 12.3. The molecular weight excluding hydrogens is 665 g/mol. The number of nitrogens with zero attached hydrogens (tertiary/aromatic N) is 2. The first-order valence-electron chi connectivity index (χ1n) is 11.3. The maximum absolute atomic E-state index is 12.7. The lowest BCUT2D eigenvalue weighted by Crippen LogP contribution is -2.21. The van der Waals surface area contributed by atoms with Crippen LogP contribution in [0.1, 0.15) is 29.0 Å². The molecule has 0 spiro atoms. The van der Waals surface area contributed by atoms with Crippen molar-refractivity contribution < 1.29 is 56.3 Å². The van der Waals surface area contributed by atoms with Crippen molar-refractivity contribution in [3.63, 3.8) is 0 Å². The van der Waals surface area contributed by atoms with Gasteiger partial charge in [0.15, 0.2) is 5.69 Å². The van der Waals surface area contributed by atoms with Crippen LogP contribution in [0.25, 0.3) is 17.1 Å². The molecule has 1 aromatic heterocycles. The van der Waals surface area contributed by atoms with Gasteiger partial charge >= 0.3 is 38.6 Å². The largest absolute Gasteiger partial charge is 0.390 e. The number of imidazole rings is 1. The van der Waals surface area contributed by atoms with E-state index in [0.29, 0.717) is 0 Å².